The fourth-order valence-electron chi connectivity index (χ4n) is 2.50. The van der Waals surface area contributed by atoms with Gasteiger partial charge in [-0.25, -0.2) is 28.5 Å². The molecule has 4 aromatic rings. The van der Waals surface area contributed by atoms with Gasteiger partial charge in [-0.3, -0.25) is 4.57 Å². The average Bonchev–Trinajstić information content (AvgIpc) is 3.33. The van der Waals surface area contributed by atoms with E-state index in [-0.39, 0.29) is 4.90 Å². The number of nitrogens with two attached hydrogens (primary N) is 1. The number of sulfonamides is 1. The summed E-state index contributed by atoms with van der Waals surface area (Å²) in [5, 5.41) is 5.13. The third-order valence-corrected chi connectivity index (χ3v) is 4.67. The minimum Gasteiger partial charge on any atom is -0.461 e. The van der Waals surface area contributed by atoms with Crippen LogP contribution in [0.4, 0.5) is 0 Å². The highest BCUT2D eigenvalue weighted by atomic mass is 32.2. The Morgan fingerprint density at radius 2 is 1.73 bits per heavy atom. The zero-order chi connectivity index (χ0) is 18.1. The van der Waals surface area contributed by atoms with Crippen molar-refractivity contribution in [2.45, 2.75) is 4.90 Å². The third kappa shape index (κ3) is 3.01. The fraction of sp³-hybridized carbons (Fsp3) is 0. The molecule has 2 N–H and O–H groups in total. The summed E-state index contributed by atoms with van der Waals surface area (Å²) in [5.74, 6) is 1.69. The van der Waals surface area contributed by atoms with Crippen molar-refractivity contribution in [3.05, 3.63) is 67.4 Å². The van der Waals surface area contributed by atoms with Crippen LogP contribution in [0, 0.1) is 0 Å². The van der Waals surface area contributed by atoms with Crippen LogP contribution in [0.25, 0.3) is 28.7 Å². The highest BCUT2D eigenvalue weighted by Gasteiger charge is 2.12. The monoisotopic (exact) mass is 367 g/mol. The van der Waals surface area contributed by atoms with Crippen LogP contribution in [0.2, 0.25) is 0 Å². The van der Waals surface area contributed by atoms with E-state index in [4.69, 9.17) is 9.56 Å². The maximum Gasteiger partial charge on any atom is 0.238 e. The lowest BCUT2D eigenvalue weighted by molar-refractivity contribution is 0.577. The van der Waals surface area contributed by atoms with Gasteiger partial charge in [0.15, 0.2) is 11.6 Å². The fourth-order valence-corrected chi connectivity index (χ4v) is 3.01. The van der Waals surface area contributed by atoms with E-state index in [9.17, 15) is 8.42 Å². The molecule has 4 rings (SSSR count). The lowest BCUT2D eigenvalue weighted by atomic mass is 10.2. The van der Waals surface area contributed by atoms with Crippen LogP contribution in [0.1, 0.15) is 0 Å². The van der Waals surface area contributed by atoms with Gasteiger partial charge in [0.2, 0.25) is 10.0 Å². The van der Waals surface area contributed by atoms with Crippen LogP contribution in [0.5, 0.6) is 0 Å². The molecular formula is C17H13N5O3S. The van der Waals surface area contributed by atoms with Crippen molar-refractivity contribution in [1.29, 1.82) is 0 Å². The summed E-state index contributed by atoms with van der Waals surface area (Å²) >= 11 is 0. The van der Waals surface area contributed by atoms with Gasteiger partial charge in [0.25, 0.3) is 0 Å². The number of primary sulfonamides is 1. The van der Waals surface area contributed by atoms with Crippen LogP contribution in [-0.2, 0) is 10.0 Å². The molecule has 0 saturated carbocycles. The van der Waals surface area contributed by atoms with Gasteiger partial charge in [0.05, 0.1) is 16.7 Å². The van der Waals surface area contributed by atoms with Crippen molar-refractivity contribution < 1.29 is 12.8 Å². The normalized spacial score (nSPS) is 11.6. The molecule has 0 aliphatic rings. The van der Waals surface area contributed by atoms with E-state index in [1.165, 1.54) is 12.1 Å². The quantitative estimate of drug-likeness (QED) is 0.591. The highest BCUT2D eigenvalue weighted by molar-refractivity contribution is 7.89. The Morgan fingerprint density at radius 1 is 1.00 bits per heavy atom. The SMILES string of the molecule is NS(=O)(=O)c1ccc(-n2ccnc2-c2cnc(-c3ccco3)nc2)cc1. The summed E-state index contributed by atoms with van der Waals surface area (Å²) in [7, 11) is -3.73. The minimum atomic E-state index is -3.73. The first-order chi connectivity index (χ1) is 12.5. The van der Waals surface area contributed by atoms with E-state index in [2.05, 4.69) is 15.0 Å². The molecule has 3 heterocycles. The van der Waals surface area contributed by atoms with E-state index >= 15 is 0 Å². The summed E-state index contributed by atoms with van der Waals surface area (Å²) in [6.07, 6.45) is 8.28. The Bertz CT molecular complexity index is 1130. The second-order valence-electron chi connectivity index (χ2n) is 5.43. The Kier molecular flexibility index (Phi) is 3.86. The van der Waals surface area contributed by atoms with Crippen molar-refractivity contribution in [3.63, 3.8) is 0 Å². The molecule has 0 saturated heterocycles. The summed E-state index contributed by atoms with van der Waals surface area (Å²) in [6, 6.07) is 9.76. The molecular weight excluding hydrogens is 354 g/mol. The van der Waals surface area contributed by atoms with Crippen LogP contribution in [0.3, 0.4) is 0 Å². The molecule has 0 amide bonds. The van der Waals surface area contributed by atoms with Gasteiger partial charge >= 0.3 is 0 Å². The Balaban J connectivity index is 1.69. The molecule has 3 aromatic heterocycles. The zero-order valence-electron chi connectivity index (χ0n) is 13.4. The second kappa shape index (κ2) is 6.21. The van der Waals surface area contributed by atoms with Gasteiger partial charge in [-0.05, 0) is 36.4 Å². The maximum atomic E-state index is 11.4. The Hall–Kier alpha value is -3.30. The molecule has 0 atom stereocenters. The number of hydrogen-bond acceptors (Lipinski definition) is 6. The van der Waals surface area contributed by atoms with E-state index in [1.54, 1.807) is 59.9 Å². The number of nitrogens with zero attached hydrogens (tertiary/aromatic N) is 4. The Labute approximate surface area is 149 Å². The van der Waals surface area contributed by atoms with Gasteiger partial charge in [-0.2, -0.15) is 0 Å². The number of imidazole rings is 1. The van der Waals surface area contributed by atoms with Crippen molar-refractivity contribution in [2.75, 3.05) is 0 Å². The van der Waals surface area contributed by atoms with Gasteiger partial charge in [-0.15, -0.1) is 0 Å². The average molecular weight is 367 g/mol. The summed E-state index contributed by atoms with van der Waals surface area (Å²) in [6.45, 7) is 0. The van der Waals surface area contributed by atoms with E-state index in [1.807, 2.05) is 0 Å². The number of benzene rings is 1. The third-order valence-electron chi connectivity index (χ3n) is 3.74. The summed E-state index contributed by atoms with van der Waals surface area (Å²) in [4.78, 5) is 13.0. The lowest BCUT2D eigenvalue weighted by Gasteiger charge is -2.08. The molecule has 0 radical (unpaired) electrons. The van der Waals surface area contributed by atoms with Crippen molar-refractivity contribution in [3.8, 4) is 28.7 Å². The second-order valence-corrected chi connectivity index (χ2v) is 6.99. The van der Waals surface area contributed by atoms with Crippen molar-refractivity contribution in [1.82, 2.24) is 19.5 Å². The number of furan rings is 1. The number of hydrogen-bond donors (Lipinski definition) is 1. The van der Waals surface area contributed by atoms with Gasteiger partial charge < -0.3 is 4.42 Å². The zero-order valence-corrected chi connectivity index (χ0v) is 14.2. The van der Waals surface area contributed by atoms with Crippen LogP contribution < -0.4 is 5.14 Å². The van der Waals surface area contributed by atoms with E-state index in [0.29, 0.717) is 23.0 Å². The predicted molar refractivity (Wildman–Crippen MR) is 93.7 cm³/mol. The molecule has 26 heavy (non-hydrogen) atoms. The van der Waals surface area contributed by atoms with E-state index < -0.39 is 10.0 Å². The van der Waals surface area contributed by atoms with Gasteiger partial charge in [-0.1, -0.05) is 0 Å². The lowest BCUT2D eigenvalue weighted by Crippen LogP contribution is -2.12. The van der Waals surface area contributed by atoms with Gasteiger partial charge in [0, 0.05) is 30.5 Å². The molecule has 0 aliphatic heterocycles. The first kappa shape index (κ1) is 16.2. The predicted octanol–water partition coefficient (Wildman–Crippen LogP) is 2.24. The van der Waals surface area contributed by atoms with Gasteiger partial charge in [0.1, 0.15) is 5.82 Å². The summed E-state index contributed by atoms with van der Waals surface area (Å²) < 4.78 is 29.8. The molecule has 0 aliphatic carbocycles. The molecule has 0 spiro atoms. The molecule has 8 nitrogen and oxygen atoms in total. The maximum absolute atomic E-state index is 11.4. The van der Waals surface area contributed by atoms with Crippen LogP contribution in [-0.4, -0.2) is 27.9 Å². The minimum absolute atomic E-state index is 0.0500. The topological polar surface area (TPSA) is 117 Å². The standard InChI is InChI=1S/C17H13N5O3S/c18-26(23,24)14-5-3-13(4-6-14)22-8-7-19-17(22)12-10-20-16(21-11-12)15-2-1-9-25-15/h1-11H,(H2,18,23,24). The highest BCUT2D eigenvalue weighted by Crippen LogP contribution is 2.23. The smallest absolute Gasteiger partial charge is 0.238 e. The molecule has 9 heteroatoms. The largest absolute Gasteiger partial charge is 0.461 e. The molecule has 1 aromatic carbocycles. The van der Waals surface area contributed by atoms with Crippen LogP contribution in [0.15, 0.2) is 76.8 Å². The molecule has 130 valence electrons. The van der Waals surface area contributed by atoms with Crippen LogP contribution >= 0.6 is 0 Å². The molecule has 0 bridgehead atoms. The Morgan fingerprint density at radius 3 is 2.35 bits per heavy atom. The first-order valence-electron chi connectivity index (χ1n) is 7.55. The number of rotatable bonds is 4. The van der Waals surface area contributed by atoms with Crippen molar-refractivity contribution in [2.24, 2.45) is 5.14 Å². The summed E-state index contributed by atoms with van der Waals surface area (Å²) in [5.41, 5.74) is 1.45. The molecule has 0 unspecified atom stereocenters. The number of aromatic nitrogens is 4. The molecule has 0 fully saturated rings. The van der Waals surface area contributed by atoms with Crippen molar-refractivity contribution >= 4 is 10.0 Å². The van der Waals surface area contributed by atoms with E-state index in [0.717, 1.165) is 5.69 Å². The first-order valence-corrected chi connectivity index (χ1v) is 9.10.